The minimum absolute atomic E-state index is 0.161. The lowest BCUT2D eigenvalue weighted by Gasteiger charge is -2.05. The average Bonchev–Trinajstić information content (AvgIpc) is 2.16. The van der Waals surface area contributed by atoms with E-state index in [1.165, 1.54) is 18.3 Å². The van der Waals surface area contributed by atoms with Gasteiger partial charge in [0.15, 0.2) is 0 Å². The molecule has 0 bridgehead atoms. The summed E-state index contributed by atoms with van der Waals surface area (Å²) in [6.45, 7) is 0. The molecule has 1 rings (SSSR count). The van der Waals surface area contributed by atoms with Crippen molar-refractivity contribution in [3.63, 3.8) is 0 Å². The third-order valence-electron chi connectivity index (χ3n) is 1.52. The predicted octanol–water partition coefficient (Wildman–Crippen LogP) is 0.0377. The largest absolute Gasteiger partial charge is 0.480 e. The van der Waals surface area contributed by atoms with Crippen LogP contribution in [0.25, 0.3) is 0 Å². The Hall–Kier alpha value is -1.93. The molecule has 5 nitrogen and oxygen atoms in total. The van der Waals surface area contributed by atoms with E-state index >= 15 is 0 Å². The van der Waals surface area contributed by atoms with Gasteiger partial charge in [-0.05, 0) is 17.7 Å². The fourth-order valence-corrected chi connectivity index (χ4v) is 0.844. The molecule has 0 spiro atoms. The van der Waals surface area contributed by atoms with E-state index in [1.807, 2.05) is 0 Å². The van der Waals surface area contributed by atoms with Crippen LogP contribution < -0.4 is 5.73 Å². The van der Waals surface area contributed by atoms with Crippen LogP contribution in [0.1, 0.15) is 17.3 Å². The number of nitrogens with zero attached hydrogens (tertiary/aromatic N) is 2. The van der Waals surface area contributed by atoms with E-state index in [1.54, 1.807) is 6.07 Å². The highest BCUT2D eigenvalue weighted by atomic mass is 16.4. The zero-order chi connectivity index (χ0) is 9.84. The second-order valence-electron chi connectivity index (χ2n) is 2.40. The lowest BCUT2D eigenvalue weighted by Crippen LogP contribution is -2.20. The summed E-state index contributed by atoms with van der Waals surface area (Å²) in [6.07, 6.45) is 1.36. The van der Waals surface area contributed by atoms with E-state index in [0.29, 0.717) is 5.56 Å². The number of rotatable bonds is 2. The molecule has 0 saturated carbocycles. The standard InChI is InChI=1S/C8H7N3O2/c9-4-6-3-5(1-2-11-6)7(10)8(12)13/h1-3,7H,10H2,(H,12,13). The van der Waals surface area contributed by atoms with Crippen molar-refractivity contribution in [2.75, 3.05) is 0 Å². The van der Waals surface area contributed by atoms with Crippen molar-refractivity contribution in [1.82, 2.24) is 4.98 Å². The van der Waals surface area contributed by atoms with E-state index in [4.69, 9.17) is 16.1 Å². The number of aliphatic carboxylic acids is 1. The number of carbonyl (C=O) groups is 1. The summed E-state index contributed by atoms with van der Waals surface area (Å²) in [7, 11) is 0. The number of pyridine rings is 1. The van der Waals surface area contributed by atoms with Crippen molar-refractivity contribution in [3.05, 3.63) is 29.6 Å². The van der Waals surface area contributed by atoms with Gasteiger partial charge in [-0.25, -0.2) is 4.98 Å². The maximum atomic E-state index is 10.5. The SMILES string of the molecule is N#Cc1cc(C(N)C(=O)O)ccn1. The minimum atomic E-state index is -1.13. The highest BCUT2D eigenvalue weighted by molar-refractivity contribution is 5.75. The third kappa shape index (κ3) is 2.01. The second-order valence-corrected chi connectivity index (χ2v) is 2.40. The minimum Gasteiger partial charge on any atom is -0.480 e. The quantitative estimate of drug-likeness (QED) is 0.664. The molecule has 3 N–H and O–H groups in total. The summed E-state index contributed by atoms with van der Waals surface area (Å²) in [5.74, 6) is -1.13. The van der Waals surface area contributed by atoms with Crippen molar-refractivity contribution in [2.24, 2.45) is 5.73 Å². The lowest BCUT2D eigenvalue weighted by molar-refractivity contribution is -0.138. The Morgan fingerprint density at radius 2 is 2.46 bits per heavy atom. The van der Waals surface area contributed by atoms with E-state index in [0.717, 1.165) is 0 Å². The zero-order valence-electron chi connectivity index (χ0n) is 6.64. The normalized spacial score (nSPS) is 11.7. The van der Waals surface area contributed by atoms with Crippen LogP contribution in [-0.4, -0.2) is 16.1 Å². The van der Waals surface area contributed by atoms with Gasteiger partial charge in [0.2, 0.25) is 0 Å². The molecule has 1 heterocycles. The first-order valence-electron chi connectivity index (χ1n) is 3.49. The average molecular weight is 177 g/mol. The van der Waals surface area contributed by atoms with Gasteiger partial charge in [-0.3, -0.25) is 4.79 Å². The van der Waals surface area contributed by atoms with Crippen LogP contribution in [0.5, 0.6) is 0 Å². The molecular formula is C8H7N3O2. The van der Waals surface area contributed by atoms with Gasteiger partial charge < -0.3 is 10.8 Å². The van der Waals surface area contributed by atoms with Crippen molar-refractivity contribution in [1.29, 1.82) is 5.26 Å². The number of hydrogen-bond acceptors (Lipinski definition) is 4. The Bertz CT molecular complexity index is 370. The molecule has 0 aromatic carbocycles. The third-order valence-corrected chi connectivity index (χ3v) is 1.52. The van der Waals surface area contributed by atoms with Crippen molar-refractivity contribution in [3.8, 4) is 6.07 Å². The predicted molar refractivity (Wildman–Crippen MR) is 43.5 cm³/mol. The van der Waals surface area contributed by atoms with E-state index < -0.39 is 12.0 Å². The number of carboxylic acids is 1. The molecule has 1 aromatic rings. The molecule has 0 fully saturated rings. The Labute approximate surface area is 74.4 Å². The second kappa shape index (κ2) is 3.65. The van der Waals surface area contributed by atoms with E-state index in [2.05, 4.69) is 4.98 Å². The van der Waals surface area contributed by atoms with Crippen molar-refractivity contribution >= 4 is 5.97 Å². The van der Waals surface area contributed by atoms with Gasteiger partial charge in [-0.2, -0.15) is 5.26 Å². The fourth-order valence-electron chi connectivity index (χ4n) is 0.844. The molecule has 1 aromatic heterocycles. The maximum Gasteiger partial charge on any atom is 0.325 e. The summed E-state index contributed by atoms with van der Waals surface area (Å²) in [4.78, 5) is 14.2. The smallest absolute Gasteiger partial charge is 0.325 e. The van der Waals surface area contributed by atoms with E-state index in [9.17, 15) is 4.79 Å². The van der Waals surface area contributed by atoms with Gasteiger partial charge >= 0.3 is 5.97 Å². The van der Waals surface area contributed by atoms with Gasteiger partial charge in [0.25, 0.3) is 0 Å². The number of hydrogen-bond donors (Lipinski definition) is 2. The summed E-state index contributed by atoms with van der Waals surface area (Å²) < 4.78 is 0. The molecule has 0 radical (unpaired) electrons. The molecule has 0 aliphatic heterocycles. The van der Waals surface area contributed by atoms with Gasteiger partial charge in [-0.15, -0.1) is 0 Å². The Morgan fingerprint density at radius 3 is 3.00 bits per heavy atom. The summed E-state index contributed by atoms with van der Waals surface area (Å²) in [5.41, 5.74) is 5.86. The molecule has 0 saturated heterocycles. The summed E-state index contributed by atoms with van der Waals surface area (Å²) in [6, 6.07) is 3.53. The van der Waals surface area contributed by atoms with Gasteiger partial charge in [-0.1, -0.05) is 0 Å². The number of carboxylic acid groups (broad SMARTS) is 1. The monoisotopic (exact) mass is 177 g/mol. The maximum absolute atomic E-state index is 10.5. The van der Waals surface area contributed by atoms with E-state index in [-0.39, 0.29) is 5.69 Å². The number of nitriles is 1. The Kier molecular flexibility index (Phi) is 2.57. The Balaban J connectivity index is 3.03. The summed E-state index contributed by atoms with van der Waals surface area (Å²) in [5, 5.41) is 17.1. The molecule has 1 atom stereocenters. The molecule has 0 amide bonds. The molecule has 66 valence electrons. The number of aromatic nitrogens is 1. The highest BCUT2D eigenvalue weighted by Crippen LogP contribution is 2.09. The van der Waals surface area contributed by atoms with Crippen molar-refractivity contribution < 1.29 is 9.90 Å². The zero-order valence-corrected chi connectivity index (χ0v) is 6.64. The topological polar surface area (TPSA) is 100 Å². The highest BCUT2D eigenvalue weighted by Gasteiger charge is 2.14. The molecule has 5 heteroatoms. The molecular weight excluding hydrogens is 170 g/mol. The van der Waals surface area contributed by atoms with Crippen molar-refractivity contribution in [2.45, 2.75) is 6.04 Å². The van der Waals surface area contributed by atoms with Crippen LogP contribution in [-0.2, 0) is 4.79 Å². The van der Waals surface area contributed by atoms with Crippen LogP contribution in [0.4, 0.5) is 0 Å². The van der Waals surface area contributed by atoms with Crippen LogP contribution >= 0.6 is 0 Å². The first-order valence-corrected chi connectivity index (χ1v) is 3.49. The fraction of sp³-hybridized carbons (Fsp3) is 0.125. The first-order chi connectivity index (χ1) is 6.15. The van der Waals surface area contributed by atoms with Crippen LogP contribution in [0.15, 0.2) is 18.3 Å². The van der Waals surface area contributed by atoms with Crippen LogP contribution in [0, 0.1) is 11.3 Å². The first kappa shape index (κ1) is 9.16. The lowest BCUT2D eigenvalue weighted by atomic mass is 10.1. The molecule has 0 aliphatic carbocycles. The van der Waals surface area contributed by atoms with Gasteiger partial charge in [0, 0.05) is 6.20 Å². The van der Waals surface area contributed by atoms with Gasteiger partial charge in [0.1, 0.15) is 17.8 Å². The van der Waals surface area contributed by atoms with Crippen LogP contribution in [0.2, 0.25) is 0 Å². The van der Waals surface area contributed by atoms with Gasteiger partial charge in [0.05, 0.1) is 0 Å². The molecule has 0 aliphatic rings. The molecule has 13 heavy (non-hydrogen) atoms. The van der Waals surface area contributed by atoms with Crippen LogP contribution in [0.3, 0.4) is 0 Å². The Morgan fingerprint density at radius 1 is 1.77 bits per heavy atom. The number of nitrogens with two attached hydrogens (primary N) is 1. The molecule has 1 unspecified atom stereocenters. The summed E-state index contributed by atoms with van der Waals surface area (Å²) >= 11 is 0.